The van der Waals surface area contributed by atoms with Gasteiger partial charge in [0.2, 0.25) is 0 Å². The molecule has 26 heavy (non-hydrogen) atoms. The van der Waals surface area contributed by atoms with E-state index in [1.165, 1.54) is 43.5 Å². The van der Waals surface area contributed by atoms with Crippen molar-refractivity contribution in [1.82, 2.24) is 0 Å². The highest BCUT2D eigenvalue weighted by atomic mass is 19.1. The highest BCUT2D eigenvalue weighted by Gasteiger charge is 2.26. The standard InChI is InChI=1S/C18H11FN2O5/c1-24-13-7-12-14(6-10(13)8-20)25-16(9-2-4-11(19)5-3-9)15(12)17(22)26-18(21)23/h2-7H,1H3,(H2,21,23). The van der Waals surface area contributed by atoms with E-state index in [4.69, 9.17) is 14.9 Å². The van der Waals surface area contributed by atoms with Gasteiger partial charge < -0.3 is 19.6 Å². The van der Waals surface area contributed by atoms with Crippen LogP contribution < -0.4 is 10.5 Å². The Morgan fingerprint density at radius 3 is 2.50 bits per heavy atom. The number of carbonyl (C=O) groups excluding carboxylic acids is 2. The van der Waals surface area contributed by atoms with Crippen LogP contribution >= 0.6 is 0 Å². The molecule has 0 aliphatic carbocycles. The molecule has 1 aromatic heterocycles. The van der Waals surface area contributed by atoms with Crippen LogP contribution in [0.25, 0.3) is 22.3 Å². The summed E-state index contributed by atoms with van der Waals surface area (Å²) in [7, 11) is 1.37. The Hall–Kier alpha value is -3.86. The van der Waals surface area contributed by atoms with E-state index in [1.54, 1.807) is 0 Å². The van der Waals surface area contributed by atoms with Crippen molar-refractivity contribution < 1.29 is 27.9 Å². The number of esters is 1. The maximum absolute atomic E-state index is 13.2. The lowest BCUT2D eigenvalue weighted by Crippen LogP contribution is -2.18. The van der Waals surface area contributed by atoms with E-state index in [0.29, 0.717) is 5.56 Å². The first-order chi connectivity index (χ1) is 12.4. The minimum absolute atomic E-state index is 0.0448. The van der Waals surface area contributed by atoms with Gasteiger partial charge in [0.1, 0.15) is 34.5 Å². The number of ether oxygens (including phenoxy) is 2. The van der Waals surface area contributed by atoms with E-state index in [9.17, 15) is 19.2 Å². The van der Waals surface area contributed by atoms with Crippen LogP contribution in [-0.4, -0.2) is 19.2 Å². The maximum Gasteiger partial charge on any atom is 0.412 e. The Kier molecular flexibility index (Phi) is 4.29. The molecular weight excluding hydrogens is 343 g/mol. The zero-order valence-corrected chi connectivity index (χ0v) is 13.4. The number of fused-ring (bicyclic) bond motifs is 1. The summed E-state index contributed by atoms with van der Waals surface area (Å²) in [6, 6.07) is 9.93. The van der Waals surface area contributed by atoms with Gasteiger partial charge in [-0.15, -0.1) is 0 Å². The highest BCUT2D eigenvalue weighted by Crippen LogP contribution is 2.37. The molecular formula is C18H11FN2O5. The van der Waals surface area contributed by atoms with Crippen LogP contribution in [-0.2, 0) is 4.74 Å². The van der Waals surface area contributed by atoms with Gasteiger partial charge in [-0.05, 0) is 30.3 Å². The molecule has 130 valence electrons. The van der Waals surface area contributed by atoms with Gasteiger partial charge in [0.05, 0.1) is 12.7 Å². The number of hydrogen-bond acceptors (Lipinski definition) is 6. The quantitative estimate of drug-likeness (QED) is 0.569. The second kappa shape index (κ2) is 6.57. The van der Waals surface area contributed by atoms with Crippen molar-refractivity contribution in [1.29, 1.82) is 5.26 Å². The number of nitriles is 1. The highest BCUT2D eigenvalue weighted by molar-refractivity contribution is 6.11. The number of halogens is 1. The molecule has 1 heterocycles. The van der Waals surface area contributed by atoms with E-state index >= 15 is 0 Å². The molecule has 0 atom stereocenters. The number of methoxy groups -OCH3 is 1. The van der Waals surface area contributed by atoms with Crippen LogP contribution in [0.5, 0.6) is 5.75 Å². The third-order valence-electron chi connectivity index (χ3n) is 3.63. The van der Waals surface area contributed by atoms with Crippen molar-refractivity contribution in [3.63, 3.8) is 0 Å². The van der Waals surface area contributed by atoms with E-state index < -0.39 is 17.9 Å². The zero-order chi connectivity index (χ0) is 18.8. The normalized spacial score (nSPS) is 10.3. The predicted octanol–water partition coefficient (Wildman–Crippen LogP) is 3.35. The van der Waals surface area contributed by atoms with Gasteiger partial charge in [-0.25, -0.2) is 14.0 Å². The molecule has 0 spiro atoms. The first kappa shape index (κ1) is 17.0. The number of primary amides is 1. The molecule has 8 heteroatoms. The average Bonchev–Trinajstić information content (AvgIpc) is 2.98. The first-order valence-corrected chi connectivity index (χ1v) is 7.26. The number of hydrogen-bond donors (Lipinski definition) is 1. The summed E-state index contributed by atoms with van der Waals surface area (Å²) in [5, 5.41) is 9.45. The molecule has 0 saturated carbocycles. The van der Waals surface area contributed by atoms with Gasteiger partial charge in [0.25, 0.3) is 0 Å². The number of carbonyl (C=O) groups is 2. The van der Waals surface area contributed by atoms with Gasteiger partial charge in [-0.1, -0.05) is 0 Å². The molecule has 0 aliphatic heterocycles. The summed E-state index contributed by atoms with van der Waals surface area (Å²) >= 11 is 0. The minimum Gasteiger partial charge on any atom is -0.495 e. The number of nitrogens with two attached hydrogens (primary N) is 1. The minimum atomic E-state index is -1.28. The molecule has 7 nitrogen and oxygen atoms in total. The lowest BCUT2D eigenvalue weighted by molar-refractivity contribution is 0.0640. The average molecular weight is 354 g/mol. The lowest BCUT2D eigenvalue weighted by atomic mass is 10.0. The summed E-state index contributed by atoms with van der Waals surface area (Å²) in [5.74, 6) is -1.26. The number of benzene rings is 2. The second-order valence-electron chi connectivity index (χ2n) is 5.18. The second-order valence-corrected chi connectivity index (χ2v) is 5.18. The van der Waals surface area contributed by atoms with Crippen LogP contribution in [0.2, 0.25) is 0 Å². The Morgan fingerprint density at radius 1 is 1.23 bits per heavy atom. The van der Waals surface area contributed by atoms with E-state index in [0.717, 1.165) is 0 Å². The monoisotopic (exact) mass is 354 g/mol. The van der Waals surface area contributed by atoms with E-state index in [2.05, 4.69) is 4.74 Å². The van der Waals surface area contributed by atoms with E-state index in [1.807, 2.05) is 6.07 Å². The molecule has 2 N–H and O–H groups in total. The number of amides is 1. The fourth-order valence-corrected chi connectivity index (χ4v) is 2.53. The van der Waals surface area contributed by atoms with Crippen LogP contribution in [0, 0.1) is 17.1 Å². The third kappa shape index (κ3) is 2.93. The molecule has 3 aromatic rings. The fraction of sp³-hybridized carbons (Fsp3) is 0.0556. The van der Waals surface area contributed by atoms with Gasteiger partial charge in [-0.3, -0.25) is 0 Å². The van der Waals surface area contributed by atoms with Crippen molar-refractivity contribution in [2.75, 3.05) is 7.11 Å². The van der Waals surface area contributed by atoms with E-state index in [-0.39, 0.29) is 33.6 Å². The summed E-state index contributed by atoms with van der Waals surface area (Å²) < 4.78 is 28.5. The molecule has 0 bridgehead atoms. The Labute approximate surface area is 146 Å². The molecule has 2 aromatic carbocycles. The molecule has 0 unspecified atom stereocenters. The predicted molar refractivity (Wildman–Crippen MR) is 87.9 cm³/mol. The Bertz CT molecular complexity index is 1060. The van der Waals surface area contributed by atoms with Crippen molar-refractivity contribution in [2.24, 2.45) is 5.73 Å². The van der Waals surface area contributed by atoms with Crippen LogP contribution in [0.3, 0.4) is 0 Å². The summed E-state index contributed by atoms with van der Waals surface area (Å²) in [5.41, 5.74) is 5.59. The van der Waals surface area contributed by atoms with Gasteiger partial charge >= 0.3 is 12.1 Å². The summed E-state index contributed by atoms with van der Waals surface area (Å²) in [6.45, 7) is 0. The molecule has 0 radical (unpaired) electrons. The topological polar surface area (TPSA) is 116 Å². The Morgan fingerprint density at radius 2 is 1.92 bits per heavy atom. The van der Waals surface area contributed by atoms with Crippen molar-refractivity contribution in [3.05, 3.63) is 53.3 Å². The van der Waals surface area contributed by atoms with Gasteiger partial charge in [-0.2, -0.15) is 5.26 Å². The van der Waals surface area contributed by atoms with Crippen molar-refractivity contribution >= 4 is 23.0 Å². The lowest BCUT2D eigenvalue weighted by Gasteiger charge is -2.04. The van der Waals surface area contributed by atoms with Gasteiger partial charge in [0.15, 0.2) is 0 Å². The molecule has 0 fully saturated rings. The summed E-state index contributed by atoms with van der Waals surface area (Å²) in [4.78, 5) is 23.4. The Balaban J connectivity index is 2.31. The van der Waals surface area contributed by atoms with Crippen LogP contribution in [0.4, 0.5) is 9.18 Å². The molecule has 1 amide bonds. The largest absolute Gasteiger partial charge is 0.495 e. The number of rotatable bonds is 3. The first-order valence-electron chi connectivity index (χ1n) is 7.26. The summed E-state index contributed by atoms with van der Waals surface area (Å²) in [6.07, 6.45) is -1.28. The molecule has 0 aliphatic rings. The number of furan rings is 1. The third-order valence-corrected chi connectivity index (χ3v) is 3.63. The molecule has 3 rings (SSSR count). The smallest absolute Gasteiger partial charge is 0.412 e. The molecule has 0 saturated heterocycles. The van der Waals surface area contributed by atoms with Gasteiger partial charge in [0, 0.05) is 17.0 Å². The fourth-order valence-electron chi connectivity index (χ4n) is 2.53. The number of nitrogens with zero attached hydrogens (tertiary/aromatic N) is 1. The SMILES string of the molecule is COc1cc2c(C(=O)OC(N)=O)c(-c3ccc(F)cc3)oc2cc1C#N. The van der Waals surface area contributed by atoms with Crippen molar-refractivity contribution in [2.45, 2.75) is 0 Å². The zero-order valence-electron chi connectivity index (χ0n) is 13.4. The maximum atomic E-state index is 13.2. The van der Waals surface area contributed by atoms with Crippen molar-refractivity contribution in [3.8, 4) is 23.1 Å². The van der Waals surface area contributed by atoms with Crippen LogP contribution in [0.1, 0.15) is 15.9 Å². The van der Waals surface area contributed by atoms with Crippen LogP contribution in [0.15, 0.2) is 40.8 Å².